The topological polar surface area (TPSA) is 160 Å². The number of nitrogens with zero attached hydrogens (tertiary/aromatic N) is 6. The largest absolute Gasteiger partial charge is 0.436 e. The molecule has 1 atom stereocenters. The van der Waals surface area contributed by atoms with Gasteiger partial charge in [0.15, 0.2) is 6.10 Å². The number of carbonyl (C=O) groups excluding carboxylic acids is 3. The second kappa shape index (κ2) is 9.85. The lowest BCUT2D eigenvalue weighted by atomic mass is 10.1. The van der Waals surface area contributed by atoms with Gasteiger partial charge >= 0.3 is 6.09 Å². The van der Waals surface area contributed by atoms with Crippen molar-refractivity contribution < 1.29 is 19.1 Å². The van der Waals surface area contributed by atoms with E-state index in [0.29, 0.717) is 27.6 Å². The molecule has 35 heavy (non-hydrogen) atoms. The van der Waals surface area contributed by atoms with Crippen molar-refractivity contribution in [2.45, 2.75) is 20.0 Å². The number of aryl methyl sites for hydroxylation is 1. The minimum atomic E-state index is -1.08. The fraction of sp³-hybridized carbons (Fsp3) is 0.227. The third kappa shape index (κ3) is 5.24. The molecule has 180 valence electrons. The van der Waals surface area contributed by atoms with Gasteiger partial charge in [-0.25, -0.2) is 14.5 Å². The molecule has 0 aromatic carbocycles. The van der Waals surface area contributed by atoms with Crippen molar-refractivity contribution in [3.63, 3.8) is 0 Å². The summed E-state index contributed by atoms with van der Waals surface area (Å²) in [7, 11) is 1.75. The third-order valence-corrected chi connectivity index (χ3v) is 5.76. The van der Waals surface area contributed by atoms with E-state index in [1.807, 2.05) is 6.07 Å². The summed E-state index contributed by atoms with van der Waals surface area (Å²) >= 11 is 1.22. The molecule has 12 nitrogen and oxygen atoms in total. The van der Waals surface area contributed by atoms with Gasteiger partial charge in [-0.2, -0.15) is 10.2 Å². The van der Waals surface area contributed by atoms with E-state index in [1.54, 1.807) is 55.5 Å². The Kier molecular flexibility index (Phi) is 6.68. The van der Waals surface area contributed by atoms with E-state index in [4.69, 9.17) is 10.5 Å². The highest BCUT2D eigenvalue weighted by atomic mass is 32.1. The number of thiazole rings is 1. The number of primary amides is 1. The third-order valence-electron chi connectivity index (χ3n) is 4.87. The first-order chi connectivity index (χ1) is 16.7. The monoisotopic (exact) mass is 494 g/mol. The Bertz CT molecular complexity index is 1380. The zero-order valence-corrected chi connectivity index (χ0v) is 19.9. The molecule has 1 unspecified atom stereocenters. The molecule has 0 aliphatic carbocycles. The molecule has 0 fully saturated rings. The van der Waals surface area contributed by atoms with Crippen molar-refractivity contribution in [2.24, 2.45) is 18.7 Å². The molecule has 0 saturated carbocycles. The average Bonchev–Trinajstić information content (AvgIpc) is 3.57. The number of amides is 2. The predicted octanol–water partition coefficient (Wildman–Crippen LogP) is 2.81. The Balaban J connectivity index is 1.51. The lowest BCUT2D eigenvalue weighted by Crippen LogP contribution is -2.37. The molecule has 13 heteroatoms. The van der Waals surface area contributed by atoms with Crippen LogP contribution in [-0.2, 0) is 11.8 Å². The maximum Gasteiger partial charge on any atom is 0.405 e. The highest BCUT2D eigenvalue weighted by Crippen LogP contribution is 2.27. The number of hydrogen-bond acceptors (Lipinski definition) is 9. The molecular weight excluding hydrogens is 472 g/mol. The van der Waals surface area contributed by atoms with Crippen molar-refractivity contribution in [3.05, 3.63) is 54.1 Å². The van der Waals surface area contributed by atoms with Gasteiger partial charge in [-0.3, -0.25) is 19.3 Å². The van der Waals surface area contributed by atoms with Gasteiger partial charge in [0.25, 0.3) is 11.8 Å². The van der Waals surface area contributed by atoms with Gasteiger partial charge in [0.1, 0.15) is 16.4 Å². The summed E-state index contributed by atoms with van der Waals surface area (Å²) in [5.74, 6) is -1.27. The molecule has 0 spiro atoms. The maximum absolute atomic E-state index is 12.9. The van der Waals surface area contributed by atoms with Crippen LogP contribution in [0.2, 0.25) is 0 Å². The first-order valence-corrected chi connectivity index (χ1v) is 11.4. The SMILES string of the molecule is CC(C)C(OC(N)=O)C(=O)n1cc(-c2nc(C(=O)Nc3cn(C)nc3-c3ccccn3)cs2)cn1. The van der Waals surface area contributed by atoms with Crippen LogP contribution in [0.4, 0.5) is 10.5 Å². The molecule has 4 heterocycles. The number of rotatable bonds is 7. The van der Waals surface area contributed by atoms with Crippen LogP contribution in [0.25, 0.3) is 22.0 Å². The van der Waals surface area contributed by atoms with Crippen LogP contribution in [0.15, 0.2) is 48.4 Å². The first-order valence-electron chi connectivity index (χ1n) is 10.5. The molecule has 0 saturated heterocycles. The summed E-state index contributed by atoms with van der Waals surface area (Å²) in [6.07, 6.45) is 4.12. The summed E-state index contributed by atoms with van der Waals surface area (Å²) < 4.78 is 7.59. The van der Waals surface area contributed by atoms with E-state index in [9.17, 15) is 14.4 Å². The molecule has 2 amide bonds. The summed E-state index contributed by atoms with van der Waals surface area (Å²) in [4.78, 5) is 45.4. The summed E-state index contributed by atoms with van der Waals surface area (Å²) in [6, 6.07) is 5.44. The predicted molar refractivity (Wildman–Crippen MR) is 128 cm³/mol. The highest BCUT2D eigenvalue weighted by molar-refractivity contribution is 7.13. The quantitative estimate of drug-likeness (QED) is 0.396. The van der Waals surface area contributed by atoms with Crippen molar-refractivity contribution in [3.8, 4) is 22.0 Å². The van der Waals surface area contributed by atoms with Crippen LogP contribution in [0.1, 0.15) is 29.1 Å². The average molecular weight is 495 g/mol. The lowest BCUT2D eigenvalue weighted by molar-refractivity contribution is 0.0439. The van der Waals surface area contributed by atoms with E-state index in [0.717, 1.165) is 4.68 Å². The van der Waals surface area contributed by atoms with E-state index in [1.165, 1.54) is 23.7 Å². The lowest BCUT2D eigenvalue weighted by Gasteiger charge is -2.18. The highest BCUT2D eigenvalue weighted by Gasteiger charge is 2.28. The Morgan fingerprint density at radius 1 is 1.20 bits per heavy atom. The second-order valence-electron chi connectivity index (χ2n) is 7.89. The van der Waals surface area contributed by atoms with Crippen LogP contribution in [0, 0.1) is 5.92 Å². The number of nitrogens with two attached hydrogens (primary N) is 1. The molecule has 3 N–H and O–H groups in total. The van der Waals surface area contributed by atoms with Gasteiger partial charge in [0.05, 0.1) is 17.6 Å². The zero-order chi connectivity index (χ0) is 25.1. The Hall–Kier alpha value is -4.39. The summed E-state index contributed by atoms with van der Waals surface area (Å²) in [5, 5.41) is 13.4. The Morgan fingerprint density at radius 2 is 2.00 bits per heavy atom. The van der Waals surface area contributed by atoms with Crippen LogP contribution in [0.3, 0.4) is 0 Å². The molecule has 0 aliphatic rings. The minimum absolute atomic E-state index is 0.192. The van der Waals surface area contributed by atoms with Crippen molar-refractivity contribution >= 4 is 34.9 Å². The van der Waals surface area contributed by atoms with E-state index in [2.05, 4.69) is 25.5 Å². The number of hydrogen-bond donors (Lipinski definition) is 2. The number of aromatic nitrogens is 6. The van der Waals surface area contributed by atoms with Gasteiger partial charge in [-0.05, 0) is 18.1 Å². The van der Waals surface area contributed by atoms with Crippen molar-refractivity contribution in [1.82, 2.24) is 29.5 Å². The normalized spacial score (nSPS) is 11.9. The number of ether oxygens (including phenoxy) is 1. The fourth-order valence-corrected chi connectivity index (χ4v) is 4.03. The molecular formula is C22H22N8O4S. The molecule has 4 aromatic rings. The maximum atomic E-state index is 12.9. The molecule has 0 bridgehead atoms. The summed E-state index contributed by atoms with van der Waals surface area (Å²) in [5.41, 5.74) is 7.45. The fourth-order valence-electron chi connectivity index (χ4n) is 3.25. The number of carbonyl (C=O) groups is 3. The Morgan fingerprint density at radius 3 is 2.69 bits per heavy atom. The van der Waals surface area contributed by atoms with E-state index < -0.39 is 24.0 Å². The van der Waals surface area contributed by atoms with Gasteiger partial charge in [-0.15, -0.1) is 11.3 Å². The van der Waals surface area contributed by atoms with Gasteiger partial charge in [0.2, 0.25) is 0 Å². The van der Waals surface area contributed by atoms with Crippen molar-refractivity contribution in [1.29, 1.82) is 0 Å². The minimum Gasteiger partial charge on any atom is -0.436 e. The first kappa shape index (κ1) is 23.8. The standard InChI is InChI=1S/C22H22N8O4S/c1-12(2)18(34-22(23)33)21(32)30-9-13(8-25-30)20-27-16(11-35-20)19(31)26-15-10-29(3)28-17(15)14-6-4-5-7-24-14/h4-12,18H,1-3H3,(H2,23,33)(H,26,31). The van der Waals surface area contributed by atoms with E-state index >= 15 is 0 Å². The van der Waals surface area contributed by atoms with Crippen molar-refractivity contribution in [2.75, 3.05) is 5.32 Å². The summed E-state index contributed by atoms with van der Waals surface area (Å²) in [6.45, 7) is 3.45. The molecule has 4 rings (SSSR count). The van der Waals surface area contributed by atoms with Gasteiger partial charge < -0.3 is 15.8 Å². The number of anilines is 1. The second-order valence-corrected chi connectivity index (χ2v) is 8.74. The molecule has 4 aromatic heterocycles. The smallest absolute Gasteiger partial charge is 0.405 e. The molecule has 0 radical (unpaired) electrons. The van der Waals surface area contributed by atoms with Crippen LogP contribution in [-0.4, -0.2) is 53.5 Å². The zero-order valence-electron chi connectivity index (χ0n) is 19.1. The van der Waals surface area contributed by atoms with Crippen LogP contribution < -0.4 is 11.1 Å². The van der Waals surface area contributed by atoms with Gasteiger partial charge in [0, 0.05) is 36.6 Å². The van der Waals surface area contributed by atoms with E-state index in [-0.39, 0.29) is 11.6 Å². The van der Waals surface area contributed by atoms with Gasteiger partial charge in [-0.1, -0.05) is 19.9 Å². The molecule has 0 aliphatic heterocycles. The number of nitrogens with one attached hydrogen (secondary N) is 1. The number of pyridine rings is 1. The van der Waals surface area contributed by atoms with Crippen LogP contribution in [0.5, 0.6) is 0 Å². The Labute approximate surface area is 203 Å². The van der Waals surface area contributed by atoms with Crippen LogP contribution >= 0.6 is 11.3 Å².